The molecule has 2 rings (SSSR count). The van der Waals surface area contributed by atoms with Crippen molar-refractivity contribution in [1.82, 2.24) is 4.72 Å². The lowest BCUT2D eigenvalue weighted by Gasteiger charge is -2.09. The number of sulfonamides is 1. The van der Waals surface area contributed by atoms with Crippen molar-refractivity contribution in [1.29, 1.82) is 0 Å². The number of nitro benzene ring substituents is 1. The summed E-state index contributed by atoms with van der Waals surface area (Å²) in [6.07, 6.45) is 2.47. The second-order valence-electron chi connectivity index (χ2n) is 5.44. The van der Waals surface area contributed by atoms with Gasteiger partial charge in [-0.1, -0.05) is 18.2 Å². The van der Waals surface area contributed by atoms with Crippen LogP contribution in [0.25, 0.3) is 6.08 Å². The van der Waals surface area contributed by atoms with Crippen molar-refractivity contribution < 1.29 is 27.6 Å². The summed E-state index contributed by atoms with van der Waals surface area (Å²) in [6.45, 7) is -0.262. The number of para-hydroxylation sites is 1. The molecule has 0 amide bonds. The average Bonchev–Trinajstić information content (AvgIpc) is 2.70. The number of nitro groups is 1. The molecule has 2 aromatic rings. The smallest absolute Gasteiger partial charge is 0.331 e. The number of benzene rings is 2. The minimum absolute atomic E-state index is 0.0760. The van der Waals surface area contributed by atoms with E-state index in [1.165, 1.54) is 50.6 Å². The van der Waals surface area contributed by atoms with Crippen LogP contribution in [0.4, 0.5) is 5.69 Å². The van der Waals surface area contributed by atoms with E-state index in [1.54, 1.807) is 12.1 Å². The van der Waals surface area contributed by atoms with Crippen LogP contribution in [0.5, 0.6) is 5.75 Å². The molecule has 0 bridgehead atoms. The van der Waals surface area contributed by atoms with Crippen molar-refractivity contribution in [2.24, 2.45) is 0 Å². The molecule has 28 heavy (non-hydrogen) atoms. The van der Waals surface area contributed by atoms with Gasteiger partial charge in [0.05, 0.1) is 17.6 Å². The molecule has 0 aliphatic rings. The van der Waals surface area contributed by atoms with E-state index >= 15 is 0 Å². The van der Waals surface area contributed by atoms with E-state index < -0.39 is 20.9 Å². The number of hydrogen-bond donors (Lipinski definition) is 1. The molecule has 0 fully saturated rings. The van der Waals surface area contributed by atoms with Crippen LogP contribution in [0.3, 0.4) is 0 Å². The molecule has 0 radical (unpaired) electrons. The summed E-state index contributed by atoms with van der Waals surface area (Å²) in [6, 6.07) is 10.3. The van der Waals surface area contributed by atoms with Gasteiger partial charge in [-0.3, -0.25) is 10.1 Å². The molecule has 148 valence electrons. The summed E-state index contributed by atoms with van der Waals surface area (Å²) in [5.74, 6) is -0.572. The fraction of sp³-hybridized carbons (Fsp3) is 0.167. The molecule has 2 aromatic carbocycles. The molecule has 0 unspecified atom stereocenters. The first kappa shape index (κ1) is 21.1. The molecule has 0 saturated heterocycles. The summed E-state index contributed by atoms with van der Waals surface area (Å²) in [5, 5.41) is 11.0. The van der Waals surface area contributed by atoms with Gasteiger partial charge in [0.25, 0.3) is 5.69 Å². The third kappa shape index (κ3) is 5.15. The predicted octanol–water partition coefficient (Wildman–Crippen LogP) is 2.27. The lowest BCUT2D eigenvalue weighted by atomic mass is 10.2. The van der Waals surface area contributed by atoms with Gasteiger partial charge in [0.2, 0.25) is 10.0 Å². The minimum Gasteiger partial charge on any atom is -0.495 e. The van der Waals surface area contributed by atoms with Gasteiger partial charge in [0.1, 0.15) is 17.3 Å². The Kier molecular flexibility index (Phi) is 6.85. The Balaban J connectivity index is 2.13. The minimum atomic E-state index is -3.75. The van der Waals surface area contributed by atoms with Crippen molar-refractivity contribution in [2.45, 2.75) is 11.5 Å². The van der Waals surface area contributed by atoms with Crippen molar-refractivity contribution in [3.63, 3.8) is 0 Å². The normalized spacial score (nSPS) is 11.4. The second kappa shape index (κ2) is 9.11. The highest BCUT2D eigenvalue weighted by Crippen LogP contribution is 2.25. The average molecular weight is 406 g/mol. The SMILES string of the molecule is CNS(=O)(=O)c1cc(/C=C/C(=O)OCc2ccccc2[N+](=O)[O-])ccc1OC. The number of hydrogen-bond acceptors (Lipinski definition) is 7. The van der Waals surface area contributed by atoms with Crippen LogP contribution in [0.1, 0.15) is 11.1 Å². The van der Waals surface area contributed by atoms with Gasteiger partial charge < -0.3 is 9.47 Å². The van der Waals surface area contributed by atoms with E-state index in [4.69, 9.17) is 9.47 Å². The summed E-state index contributed by atoms with van der Waals surface area (Å²) >= 11 is 0. The highest BCUT2D eigenvalue weighted by atomic mass is 32.2. The van der Waals surface area contributed by atoms with E-state index in [2.05, 4.69) is 4.72 Å². The van der Waals surface area contributed by atoms with Crippen LogP contribution in [0.2, 0.25) is 0 Å². The van der Waals surface area contributed by atoms with Gasteiger partial charge >= 0.3 is 5.97 Å². The molecule has 0 spiro atoms. The molecule has 1 N–H and O–H groups in total. The van der Waals surface area contributed by atoms with Crippen molar-refractivity contribution in [3.05, 3.63) is 69.8 Å². The molecule has 0 atom stereocenters. The van der Waals surface area contributed by atoms with Crippen LogP contribution in [0, 0.1) is 10.1 Å². The Morgan fingerprint density at radius 2 is 1.96 bits per heavy atom. The van der Waals surface area contributed by atoms with Crippen molar-refractivity contribution >= 4 is 27.8 Å². The lowest BCUT2D eigenvalue weighted by molar-refractivity contribution is -0.385. The third-order valence-electron chi connectivity index (χ3n) is 3.72. The first-order chi connectivity index (χ1) is 13.3. The van der Waals surface area contributed by atoms with E-state index in [0.717, 1.165) is 6.08 Å². The predicted molar refractivity (Wildman–Crippen MR) is 101 cm³/mol. The van der Waals surface area contributed by atoms with Gasteiger partial charge in [0.15, 0.2) is 0 Å². The quantitative estimate of drug-likeness (QED) is 0.308. The zero-order valence-electron chi connectivity index (χ0n) is 15.1. The van der Waals surface area contributed by atoms with E-state index in [0.29, 0.717) is 5.56 Å². The number of ether oxygens (including phenoxy) is 2. The van der Waals surface area contributed by atoms with Crippen molar-refractivity contribution in [3.8, 4) is 5.75 Å². The van der Waals surface area contributed by atoms with E-state index in [-0.39, 0.29) is 28.5 Å². The molecule has 10 heteroatoms. The number of carbonyl (C=O) groups excluding carboxylic acids is 1. The first-order valence-electron chi connectivity index (χ1n) is 7.97. The number of methoxy groups -OCH3 is 1. The lowest BCUT2D eigenvalue weighted by Crippen LogP contribution is -2.19. The Morgan fingerprint density at radius 3 is 2.61 bits per heavy atom. The number of nitrogens with zero attached hydrogens (tertiary/aromatic N) is 1. The molecule has 0 heterocycles. The standard InChI is InChI=1S/C18H18N2O7S/c1-19-28(24,25)17-11-13(7-9-16(17)26-2)8-10-18(21)27-12-14-5-3-4-6-15(14)20(22)23/h3-11,19H,12H2,1-2H3/b10-8+. The highest BCUT2D eigenvalue weighted by Gasteiger charge is 2.18. The molecule has 0 aliphatic heterocycles. The summed E-state index contributed by atoms with van der Waals surface area (Å²) in [5.41, 5.74) is 0.551. The Hall–Kier alpha value is -3.24. The van der Waals surface area contributed by atoms with Crippen LogP contribution < -0.4 is 9.46 Å². The molecular weight excluding hydrogens is 388 g/mol. The van der Waals surface area contributed by atoms with Gasteiger partial charge in [-0.05, 0) is 36.9 Å². The molecular formula is C18H18N2O7S. The zero-order chi connectivity index (χ0) is 20.7. The van der Waals surface area contributed by atoms with Gasteiger partial charge in [0, 0.05) is 12.1 Å². The number of carbonyl (C=O) groups is 1. The molecule has 0 saturated carbocycles. The Bertz CT molecular complexity index is 1020. The van der Waals surface area contributed by atoms with Gasteiger partial charge in [-0.25, -0.2) is 17.9 Å². The van der Waals surface area contributed by atoms with Crippen LogP contribution in [-0.2, 0) is 26.2 Å². The summed E-state index contributed by atoms with van der Waals surface area (Å²) in [7, 11) is -1.13. The van der Waals surface area contributed by atoms with E-state index in [9.17, 15) is 23.3 Å². The molecule has 9 nitrogen and oxygen atoms in total. The molecule has 0 aliphatic carbocycles. The number of rotatable bonds is 8. The van der Waals surface area contributed by atoms with Crippen LogP contribution in [0.15, 0.2) is 53.4 Å². The Morgan fingerprint density at radius 1 is 1.25 bits per heavy atom. The fourth-order valence-electron chi connectivity index (χ4n) is 2.29. The topological polar surface area (TPSA) is 125 Å². The maximum absolute atomic E-state index is 12.1. The maximum atomic E-state index is 12.1. The Labute approximate surface area is 161 Å². The largest absolute Gasteiger partial charge is 0.495 e. The molecule has 0 aromatic heterocycles. The maximum Gasteiger partial charge on any atom is 0.331 e. The highest BCUT2D eigenvalue weighted by molar-refractivity contribution is 7.89. The van der Waals surface area contributed by atoms with Gasteiger partial charge in [-0.15, -0.1) is 0 Å². The van der Waals surface area contributed by atoms with Crippen LogP contribution >= 0.6 is 0 Å². The van der Waals surface area contributed by atoms with E-state index in [1.807, 2.05) is 0 Å². The van der Waals surface area contributed by atoms with Crippen molar-refractivity contribution in [2.75, 3.05) is 14.2 Å². The number of nitrogens with one attached hydrogen (secondary N) is 1. The third-order valence-corrected chi connectivity index (χ3v) is 5.15. The number of esters is 1. The van der Waals surface area contributed by atoms with Crippen LogP contribution in [-0.4, -0.2) is 33.5 Å². The summed E-state index contributed by atoms with van der Waals surface area (Å²) in [4.78, 5) is 22.2. The first-order valence-corrected chi connectivity index (χ1v) is 9.45. The fourth-order valence-corrected chi connectivity index (χ4v) is 3.22. The second-order valence-corrected chi connectivity index (χ2v) is 7.30. The summed E-state index contributed by atoms with van der Waals surface area (Å²) < 4.78 is 36.4. The zero-order valence-corrected chi connectivity index (χ0v) is 15.9. The monoisotopic (exact) mass is 406 g/mol. The van der Waals surface area contributed by atoms with Gasteiger partial charge in [-0.2, -0.15) is 0 Å².